The summed E-state index contributed by atoms with van der Waals surface area (Å²) < 4.78 is 54.6. The zero-order chi connectivity index (χ0) is 16.3. The van der Waals surface area contributed by atoms with E-state index in [1.54, 1.807) is 0 Å². The molecule has 0 fully saturated rings. The Morgan fingerprint density at radius 3 is 2.45 bits per heavy atom. The Bertz CT molecular complexity index is 816. The molecule has 0 aliphatic heterocycles. The van der Waals surface area contributed by atoms with Gasteiger partial charge in [0.25, 0.3) is 0 Å². The molecule has 0 radical (unpaired) electrons. The van der Waals surface area contributed by atoms with Gasteiger partial charge in [0.15, 0.2) is 21.5 Å². The van der Waals surface area contributed by atoms with E-state index in [0.29, 0.717) is 0 Å². The van der Waals surface area contributed by atoms with Crippen LogP contribution in [-0.4, -0.2) is 20.6 Å². The number of sulfone groups is 1. The van der Waals surface area contributed by atoms with Crippen LogP contribution >= 0.6 is 0 Å². The Morgan fingerprint density at radius 1 is 1.09 bits per heavy atom. The van der Waals surface area contributed by atoms with Crippen LogP contribution in [0.4, 0.5) is 8.78 Å². The topological polar surface area (TPSA) is 60.4 Å². The second-order valence-electron chi connectivity index (χ2n) is 4.56. The first-order valence-electron chi connectivity index (χ1n) is 6.20. The van der Waals surface area contributed by atoms with Crippen molar-refractivity contribution in [1.29, 1.82) is 0 Å². The Hall–Kier alpha value is -2.28. The number of esters is 1. The van der Waals surface area contributed by atoms with E-state index in [2.05, 4.69) is 0 Å². The first-order valence-corrected chi connectivity index (χ1v) is 8.09. The summed E-state index contributed by atoms with van der Waals surface area (Å²) in [6.07, 6.45) is 0.964. The predicted molar refractivity (Wildman–Crippen MR) is 75.0 cm³/mol. The molecule has 116 valence electrons. The molecule has 4 nitrogen and oxygen atoms in total. The zero-order valence-corrected chi connectivity index (χ0v) is 12.4. The lowest BCUT2D eigenvalue weighted by Gasteiger charge is -2.09. The van der Waals surface area contributed by atoms with Crippen LogP contribution in [0.5, 0.6) is 0 Å². The van der Waals surface area contributed by atoms with E-state index in [4.69, 9.17) is 4.74 Å². The second-order valence-corrected chi connectivity index (χ2v) is 6.54. The summed E-state index contributed by atoms with van der Waals surface area (Å²) in [5, 5.41) is 0. The fraction of sp³-hybridized carbons (Fsp3) is 0.133. The molecule has 0 amide bonds. The molecular weight excluding hydrogens is 314 g/mol. The lowest BCUT2D eigenvalue weighted by Crippen LogP contribution is -2.11. The van der Waals surface area contributed by atoms with Gasteiger partial charge in [0.1, 0.15) is 6.61 Å². The lowest BCUT2D eigenvalue weighted by molar-refractivity contribution is 0.0463. The average Bonchev–Trinajstić information content (AvgIpc) is 2.47. The molecule has 0 aromatic heterocycles. The maximum absolute atomic E-state index is 13.5. The van der Waals surface area contributed by atoms with Gasteiger partial charge in [-0.2, -0.15) is 0 Å². The van der Waals surface area contributed by atoms with Crippen molar-refractivity contribution in [1.82, 2.24) is 0 Å². The summed E-state index contributed by atoms with van der Waals surface area (Å²) >= 11 is 0. The largest absolute Gasteiger partial charge is 0.457 e. The lowest BCUT2D eigenvalue weighted by atomic mass is 10.2. The van der Waals surface area contributed by atoms with Gasteiger partial charge in [0.2, 0.25) is 0 Å². The number of carbonyl (C=O) groups excluding carboxylic acids is 1. The van der Waals surface area contributed by atoms with Crippen molar-refractivity contribution in [3.05, 3.63) is 65.2 Å². The van der Waals surface area contributed by atoms with Crippen LogP contribution in [0.2, 0.25) is 0 Å². The van der Waals surface area contributed by atoms with E-state index < -0.39 is 34.0 Å². The fourth-order valence-corrected chi connectivity index (χ4v) is 2.72. The normalized spacial score (nSPS) is 11.2. The highest BCUT2D eigenvalue weighted by Gasteiger charge is 2.20. The third kappa shape index (κ3) is 3.48. The maximum atomic E-state index is 13.5. The molecule has 22 heavy (non-hydrogen) atoms. The van der Waals surface area contributed by atoms with Crippen LogP contribution in [0.3, 0.4) is 0 Å². The van der Waals surface area contributed by atoms with Crippen molar-refractivity contribution in [2.75, 3.05) is 6.26 Å². The number of hydrogen-bond acceptors (Lipinski definition) is 4. The number of halogens is 2. The highest BCUT2D eigenvalue weighted by Crippen LogP contribution is 2.18. The molecule has 0 aliphatic carbocycles. The Morgan fingerprint density at radius 2 is 1.77 bits per heavy atom. The van der Waals surface area contributed by atoms with E-state index in [9.17, 15) is 22.0 Å². The monoisotopic (exact) mass is 326 g/mol. The molecule has 0 saturated carbocycles. The molecule has 0 unspecified atom stereocenters. The SMILES string of the molecule is CS(=O)(=O)c1ccccc1C(=O)OCc1cccc(F)c1F. The van der Waals surface area contributed by atoms with Gasteiger partial charge >= 0.3 is 5.97 Å². The summed E-state index contributed by atoms with van der Waals surface area (Å²) in [7, 11) is -3.61. The number of benzene rings is 2. The first-order chi connectivity index (χ1) is 10.3. The van der Waals surface area contributed by atoms with Crippen molar-refractivity contribution in [3.8, 4) is 0 Å². The van der Waals surface area contributed by atoms with E-state index in [1.807, 2.05) is 0 Å². The highest BCUT2D eigenvalue weighted by molar-refractivity contribution is 7.90. The minimum Gasteiger partial charge on any atom is -0.457 e. The van der Waals surface area contributed by atoms with Gasteiger partial charge in [0, 0.05) is 11.8 Å². The maximum Gasteiger partial charge on any atom is 0.339 e. The van der Waals surface area contributed by atoms with E-state index in [1.165, 1.54) is 36.4 Å². The molecule has 2 rings (SSSR count). The summed E-state index contributed by atoms with van der Waals surface area (Å²) in [5.74, 6) is -3.08. The number of ether oxygens (including phenoxy) is 1. The first kappa shape index (κ1) is 16.1. The van der Waals surface area contributed by atoms with Crippen molar-refractivity contribution in [2.45, 2.75) is 11.5 Å². The minimum absolute atomic E-state index is 0.134. The minimum atomic E-state index is -3.61. The fourth-order valence-electron chi connectivity index (χ4n) is 1.84. The molecule has 0 aliphatic rings. The van der Waals surface area contributed by atoms with Gasteiger partial charge < -0.3 is 4.74 Å². The van der Waals surface area contributed by atoms with Crippen molar-refractivity contribution < 1.29 is 26.7 Å². The van der Waals surface area contributed by atoms with E-state index in [0.717, 1.165) is 12.3 Å². The van der Waals surface area contributed by atoms with E-state index >= 15 is 0 Å². The molecule has 7 heteroatoms. The Labute approximate surface area is 126 Å². The predicted octanol–water partition coefficient (Wildman–Crippen LogP) is 2.73. The molecular formula is C15H12F2O4S. The van der Waals surface area contributed by atoms with Gasteiger partial charge in [-0.05, 0) is 18.2 Å². The van der Waals surface area contributed by atoms with Gasteiger partial charge in [-0.1, -0.05) is 24.3 Å². The number of rotatable bonds is 4. The van der Waals surface area contributed by atoms with Crippen LogP contribution in [0.15, 0.2) is 47.4 Å². The van der Waals surface area contributed by atoms with Crippen molar-refractivity contribution in [3.63, 3.8) is 0 Å². The third-order valence-electron chi connectivity index (χ3n) is 2.90. The van der Waals surface area contributed by atoms with Crippen molar-refractivity contribution >= 4 is 15.8 Å². The smallest absolute Gasteiger partial charge is 0.339 e. The number of carbonyl (C=O) groups is 1. The highest BCUT2D eigenvalue weighted by atomic mass is 32.2. The average molecular weight is 326 g/mol. The second kappa shape index (κ2) is 6.23. The van der Waals surface area contributed by atoms with Crippen LogP contribution < -0.4 is 0 Å². The Balaban J connectivity index is 2.22. The molecule has 0 bridgehead atoms. The summed E-state index contributed by atoms with van der Waals surface area (Å²) in [5.41, 5.74) is -0.285. The van der Waals surface area contributed by atoms with Crippen LogP contribution in [0.1, 0.15) is 15.9 Å². The molecule has 0 N–H and O–H groups in total. The summed E-state index contributed by atoms with van der Waals surface area (Å²) in [6, 6.07) is 9.02. The van der Waals surface area contributed by atoms with Gasteiger partial charge in [0.05, 0.1) is 10.5 Å². The molecule has 0 heterocycles. The quantitative estimate of drug-likeness (QED) is 0.811. The molecule has 0 saturated heterocycles. The summed E-state index contributed by atoms with van der Waals surface area (Å²) in [4.78, 5) is 11.8. The molecule has 2 aromatic carbocycles. The van der Waals surface area contributed by atoms with Gasteiger partial charge in [-0.25, -0.2) is 22.0 Å². The van der Waals surface area contributed by atoms with Crippen molar-refractivity contribution in [2.24, 2.45) is 0 Å². The Kier molecular flexibility index (Phi) is 4.56. The van der Waals surface area contributed by atoms with Gasteiger partial charge in [-0.3, -0.25) is 0 Å². The number of hydrogen-bond donors (Lipinski definition) is 0. The third-order valence-corrected chi connectivity index (χ3v) is 4.05. The zero-order valence-electron chi connectivity index (χ0n) is 11.5. The molecule has 0 spiro atoms. The molecule has 2 aromatic rings. The molecule has 0 atom stereocenters. The van der Waals surface area contributed by atoms with E-state index in [-0.39, 0.29) is 16.0 Å². The summed E-state index contributed by atoms with van der Waals surface area (Å²) in [6.45, 7) is -0.499. The standard InChI is InChI=1S/C15H12F2O4S/c1-22(19,20)13-8-3-2-6-11(13)15(18)21-9-10-5-4-7-12(16)14(10)17/h2-8H,9H2,1H3. The van der Waals surface area contributed by atoms with Gasteiger partial charge in [-0.15, -0.1) is 0 Å². The van der Waals surface area contributed by atoms with Crippen LogP contribution in [0.25, 0.3) is 0 Å². The van der Waals surface area contributed by atoms with Crippen LogP contribution in [-0.2, 0) is 21.2 Å². The van der Waals surface area contributed by atoms with Crippen LogP contribution in [0, 0.1) is 11.6 Å².